The molecule has 1 N–H and O–H groups in total. The van der Waals surface area contributed by atoms with E-state index in [0.29, 0.717) is 11.8 Å². The van der Waals surface area contributed by atoms with Crippen LogP contribution in [0, 0.1) is 29.6 Å². The van der Waals surface area contributed by atoms with E-state index in [2.05, 4.69) is 30.1 Å². The minimum Gasteiger partial charge on any atom is -0.465 e. The number of esters is 1. The number of thiophene rings is 1. The second-order valence-electron chi connectivity index (χ2n) is 8.28. The zero-order chi connectivity index (χ0) is 18.8. The van der Waals surface area contributed by atoms with E-state index in [-0.39, 0.29) is 5.97 Å². The van der Waals surface area contributed by atoms with E-state index in [1.54, 1.807) is 0 Å². The zero-order valence-corrected chi connectivity index (χ0v) is 17.2. The Morgan fingerprint density at radius 1 is 1.22 bits per heavy atom. The van der Waals surface area contributed by atoms with Gasteiger partial charge in [-0.15, -0.1) is 11.3 Å². The van der Waals surface area contributed by atoms with E-state index < -0.39 is 0 Å². The highest BCUT2D eigenvalue weighted by Gasteiger charge is 2.29. The molecule has 2 fully saturated rings. The molecule has 0 bridgehead atoms. The molecule has 0 amide bonds. The Labute approximate surface area is 166 Å². The SMILES string of the molecule is COC(=O)c1sc(C#CC2CC2)cc1C1=C(C2CCC(C)CC2)CNCC1. The molecule has 3 aliphatic rings. The molecule has 2 aliphatic carbocycles. The van der Waals surface area contributed by atoms with Crippen LogP contribution in [0.15, 0.2) is 11.6 Å². The van der Waals surface area contributed by atoms with Crippen LogP contribution in [-0.2, 0) is 4.74 Å². The highest BCUT2D eigenvalue weighted by atomic mass is 32.1. The number of hydrogen-bond acceptors (Lipinski definition) is 4. The molecule has 0 aromatic carbocycles. The van der Waals surface area contributed by atoms with Crippen molar-refractivity contribution in [1.29, 1.82) is 0 Å². The van der Waals surface area contributed by atoms with Gasteiger partial charge in [-0.2, -0.15) is 0 Å². The first-order chi connectivity index (χ1) is 13.2. The maximum atomic E-state index is 12.5. The van der Waals surface area contributed by atoms with Crippen LogP contribution in [0.3, 0.4) is 0 Å². The van der Waals surface area contributed by atoms with Crippen molar-refractivity contribution in [3.05, 3.63) is 27.0 Å². The van der Waals surface area contributed by atoms with Gasteiger partial charge in [-0.25, -0.2) is 4.79 Å². The number of ether oxygens (including phenoxy) is 1. The van der Waals surface area contributed by atoms with Gasteiger partial charge in [-0.05, 0) is 67.7 Å². The van der Waals surface area contributed by atoms with Crippen LogP contribution in [0.2, 0.25) is 0 Å². The van der Waals surface area contributed by atoms with Gasteiger partial charge >= 0.3 is 5.97 Å². The number of carbonyl (C=O) groups is 1. The molecule has 2 saturated carbocycles. The lowest BCUT2D eigenvalue weighted by atomic mass is 9.76. The number of nitrogens with one attached hydrogen (secondary N) is 1. The normalized spacial score (nSPS) is 25.7. The van der Waals surface area contributed by atoms with E-state index in [1.807, 2.05) is 0 Å². The zero-order valence-electron chi connectivity index (χ0n) is 16.4. The predicted octanol–water partition coefficient (Wildman–Crippen LogP) is 4.87. The summed E-state index contributed by atoms with van der Waals surface area (Å²) >= 11 is 1.50. The van der Waals surface area contributed by atoms with Crippen molar-refractivity contribution in [3.63, 3.8) is 0 Å². The molecule has 0 unspecified atom stereocenters. The van der Waals surface area contributed by atoms with Crippen LogP contribution < -0.4 is 5.32 Å². The van der Waals surface area contributed by atoms with Crippen molar-refractivity contribution < 1.29 is 9.53 Å². The van der Waals surface area contributed by atoms with Crippen LogP contribution in [0.25, 0.3) is 5.57 Å². The van der Waals surface area contributed by atoms with Crippen molar-refractivity contribution in [2.45, 2.75) is 51.9 Å². The first-order valence-electron chi connectivity index (χ1n) is 10.3. The van der Waals surface area contributed by atoms with Gasteiger partial charge in [0.1, 0.15) is 4.88 Å². The summed E-state index contributed by atoms with van der Waals surface area (Å²) < 4.78 is 5.10. The fraction of sp³-hybridized carbons (Fsp3) is 0.609. The molecule has 0 radical (unpaired) electrons. The predicted molar refractivity (Wildman–Crippen MR) is 111 cm³/mol. The number of hydrogen-bond donors (Lipinski definition) is 1. The van der Waals surface area contributed by atoms with Crippen molar-refractivity contribution in [1.82, 2.24) is 5.32 Å². The maximum Gasteiger partial charge on any atom is 0.348 e. The van der Waals surface area contributed by atoms with Crippen LogP contribution in [0.1, 0.15) is 72.0 Å². The highest BCUT2D eigenvalue weighted by Crippen LogP contribution is 2.40. The first kappa shape index (κ1) is 18.8. The molecule has 27 heavy (non-hydrogen) atoms. The fourth-order valence-corrected chi connectivity index (χ4v) is 5.30. The minimum atomic E-state index is -0.225. The van der Waals surface area contributed by atoms with E-state index in [4.69, 9.17) is 4.74 Å². The summed E-state index contributed by atoms with van der Waals surface area (Å²) in [5.74, 6) is 8.47. The van der Waals surface area contributed by atoms with Gasteiger partial charge in [0.2, 0.25) is 0 Å². The molecular formula is C23H29NO2S. The molecule has 1 aliphatic heterocycles. The molecule has 1 aromatic heterocycles. The lowest BCUT2D eigenvalue weighted by Crippen LogP contribution is -2.30. The van der Waals surface area contributed by atoms with E-state index in [9.17, 15) is 4.79 Å². The Morgan fingerprint density at radius 2 is 2.00 bits per heavy atom. The van der Waals surface area contributed by atoms with Crippen LogP contribution >= 0.6 is 11.3 Å². The molecular weight excluding hydrogens is 354 g/mol. The molecule has 0 atom stereocenters. The molecule has 2 heterocycles. The second-order valence-corrected chi connectivity index (χ2v) is 9.33. The average Bonchev–Trinajstić information content (AvgIpc) is 3.44. The molecule has 4 heteroatoms. The smallest absolute Gasteiger partial charge is 0.348 e. The van der Waals surface area contributed by atoms with E-state index in [1.165, 1.54) is 68.1 Å². The molecule has 0 spiro atoms. The van der Waals surface area contributed by atoms with Gasteiger partial charge in [-0.1, -0.05) is 31.6 Å². The quantitative estimate of drug-likeness (QED) is 0.598. The number of carbonyl (C=O) groups excluding carboxylic acids is 1. The summed E-state index contributed by atoms with van der Waals surface area (Å²) in [6.07, 6.45) is 8.59. The second kappa shape index (κ2) is 8.20. The summed E-state index contributed by atoms with van der Waals surface area (Å²) in [5, 5.41) is 3.56. The largest absolute Gasteiger partial charge is 0.465 e. The van der Waals surface area contributed by atoms with Crippen molar-refractivity contribution in [3.8, 4) is 11.8 Å². The Hall–Kier alpha value is -1.57. The van der Waals surface area contributed by atoms with Crippen molar-refractivity contribution in [2.24, 2.45) is 17.8 Å². The minimum absolute atomic E-state index is 0.225. The third-order valence-corrected chi connectivity index (χ3v) is 7.20. The molecule has 3 nitrogen and oxygen atoms in total. The third-order valence-electron chi connectivity index (χ3n) is 6.17. The monoisotopic (exact) mass is 383 g/mol. The van der Waals surface area contributed by atoms with Crippen molar-refractivity contribution >= 4 is 22.9 Å². The summed E-state index contributed by atoms with van der Waals surface area (Å²) in [5.41, 5.74) is 3.99. The summed E-state index contributed by atoms with van der Waals surface area (Å²) in [4.78, 5) is 14.2. The van der Waals surface area contributed by atoms with Gasteiger partial charge in [0.25, 0.3) is 0 Å². The molecule has 0 saturated heterocycles. The topological polar surface area (TPSA) is 38.3 Å². The lowest BCUT2D eigenvalue weighted by Gasteiger charge is -2.32. The maximum absolute atomic E-state index is 12.5. The van der Waals surface area contributed by atoms with Gasteiger partial charge in [-0.3, -0.25) is 0 Å². The first-order valence-corrected chi connectivity index (χ1v) is 11.1. The number of methoxy groups -OCH3 is 1. The lowest BCUT2D eigenvalue weighted by molar-refractivity contribution is 0.0606. The van der Waals surface area contributed by atoms with Gasteiger partial charge in [0.15, 0.2) is 0 Å². The van der Waals surface area contributed by atoms with E-state index >= 15 is 0 Å². The molecule has 1 aromatic rings. The van der Waals surface area contributed by atoms with E-state index in [0.717, 1.165) is 40.7 Å². The van der Waals surface area contributed by atoms with Crippen molar-refractivity contribution in [2.75, 3.05) is 20.2 Å². The third kappa shape index (κ3) is 4.31. The standard InChI is InChI=1S/C23H29NO2S/c1-15-3-8-17(9-4-15)21-14-24-12-11-19(21)20-13-18(10-7-16-5-6-16)27-22(20)23(25)26-2/h13,15-17,24H,3-6,8-9,11-12,14H2,1-2H3. The summed E-state index contributed by atoms with van der Waals surface area (Å²) in [7, 11) is 1.47. The van der Waals surface area contributed by atoms with Crippen LogP contribution in [0.5, 0.6) is 0 Å². The van der Waals surface area contributed by atoms with Crippen LogP contribution in [-0.4, -0.2) is 26.2 Å². The van der Waals surface area contributed by atoms with Gasteiger partial charge < -0.3 is 10.1 Å². The Kier molecular flexibility index (Phi) is 5.71. The Bertz CT molecular complexity index is 798. The molecule has 4 rings (SSSR count). The average molecular weight is 384 g/mol. The van der Waals surface area contributed by atoms with Gasteiger partial charge in [0.05, 0.1) is 12.0 Å². The van der Waals surface area contributed by atoms with Gasteiger partial charge in [0, 0.05) is 18.0 Å². The highest BCUT2D eigenvalue weighted by molar-refractivity contribution is 7.14. The number of rotatable bonds is 3. The fourth-order valence-electron chi connectivity index (χ4n) is 4.33. The Morgan fingerprint density at radius 3 is 2.70 bits per heavy atom. The molecule has 144 valence electrons. The Balaban J connectivity index is 1.71. The summed E-state index contributed by atoms with van der Waals surface area (Å²) in [6, 6.07) is 2.15. The summed E-state index contributed by atoms with van der Waals surface area (Å²) in [6.45, 7) is 4.29. The van der Waals surface area contributed by atoms with Crippen LogP contribution in [0.4, 0.5) is 0 Å².